The maximum absolute atomic E-state index is 12.7. The van der Waals surface area contributed by atoms with Crippen LogP contribution in [0.4, 0.5) is 0 Å². The average Bonchev–Trinajstić information content (AvgIpc) is 3.13. The van der Waals surface area contributed by atoms with E-state index >= 15 is 0 Å². The van der Waals surface area contributed by atoms with Crippen molar-refractivity contribution < 1.29 is 9.53 Å². The minimum atomic E-state index is -0.119. The van der Waals surface area contributed by atoms with Crippen LogP contribution in [0.25, 0.3) is 0 Å². The molecule has 3 aliphatic carbocycles. The van der Waals surface area contributed by atoms with Crippen LogP contribution in [0.5, 0.6) is 0 Å². The number of hydrogen-bond acceptors (Lipinski definition) is 3. The molecule has 3 aliphatic rings. The lowest BCUT2D eigenvalue weighted by Gasteiger charge is -2.38. The highest BCUT2D eigenvalue weighted by Crippen LogP contribution is 2.47. The van der Waals surface area contributed by atoms with Crippen molar-refractivity contribution in [3.63, 3.8) is 0 Å². The lowest BCUT2D eigenvalue weighted by Crippen LogP contribution is -2.51. The Kier molecular flexibility index (Phi) is 6.76. The predicted octanol–water partition coefficient (Wildman–Crippen LogP) is 3.03. The van der Waals surface area contributed by atoms with Gasteiger partial charge in [-0.2, -0.15) is 0 Å². The largest absolute Gasteiger partial charge is 0.373 e. The number of ether oxygens (including phenoxy) is 1. The number of amides is 1. The second kappa shape index (κ2) is 8.17. The van der Waals surface area contributed by atoms with Crippen LogP contribution in [0, 0.1) is 17.8 Å². The van der Waals surface area contributed by atoms with Crippen LogP contribution in [-0.2, 0) is 9.53 Å². The Morgan fingerprint density at radius 2 is 1.91 bits per heavy atom. The van der Waals surface area contributed by atoms with Gasteiger partial charge in [0.15, 0.2) is 0 Å². The molecular formula is C18H33ClN2O2. The zero-order valence-corrected chi connectivity index (χ0v) is 15.2. The number of carbonyl (C=O) groups is 1. The summed E-state index contributed by atoms with van der Waals surface area (Å²) < 4.78 is 6.18. The fourth-order valence-electron chi connectivity index (χ4n) is 4.98. The summed E-state index contributed by atoms with van der Waals surface area (Å²) in [4.78, 5) is 12.7. The van der Waals surface area contributed by atoms with Gasteiger partial charge < -0.3 is 15.8 Å². The van der Waals surface area contributed by atoms with Gasteiger partial charge in [0, 0.05) is 19.2 Å². The third-order valence-electron chi connectivity index (χ3n) is 6.25. The van der Waals surface area contributed by atoms with Gasteiger partial charge in [-0.1, -0.05) is 26.2 Å². The molecule has 0 radical (unpaired) electrons. The molecule has 4 unspecified atom stereocenters. The molecule has 1 amide bonds. The zero-order chi connectivity index (χ0) is 15.6. The molecule has 0 aliphatic heterocycles. The maximum Gasteiger partial charge on any atom is 0.225 e. The van der Waals surface area contributed by atoms with Crippen molar-refractivity contribution >= 4 is 18.3 Å². The Bertz CT molecular complexity index is 396. The highest BCUT2D eigenvalue weighted by atomic mass is 35.5. The van der Waals surface area contributed by atoms with Gasteiger partial charge in [0.05, 0.1) is 11.5 Å². The predicted molar refractivity (Wildman–Crippen MR) is 94.6 cm³/mol. The molecule has 0 aromatic carbocycles. The summed E-state index contributed by atoms with van der Waals surface area (Å²) in [7, 11) is 0. The van der Waals surface area contributed by atoms with Crippen molar-refractivity contribution in [3.8, 4) is 0 Å². The average molecular weight is 345 g/mol. The van der Waals surface area contributed by atoms with Crippen LogP contribution in [-0.4, -0.2) is 30.7 Å². The molecule has 23 heavy (non-hydrogen) atoms. The standard InChI is InChI=1S/C18H32N2O2.ClH/c1-2-10-22-18(8-4-3-5-9-18)12-20-17(21)15-13-6-7-14(11-13)16(15)19;/h13-16H,2-12,19H2,1H3,(H,20,21);1H. The molecule has 0 heterocycles. The van der Waals surface area contributed by atoms with Crippen LogP contribution in [0.15, 0.2) is 0 Å². The van der Waals surface area contributed by atoms with Crippen molar-refractivity contribution in [2.24, 2.45) is 23.5 Å². The van der Waals surface area contributed by atoms with Crippen LogP contribution < -0.4 is 11.1 Å². The highest BCUT2D eigenvalue weighted by Gasteiger charge is 2.49. The molecule has 3 saturated carbocycles. The summed E-state index contributed by atoms with van der Waals surface area (Å²) in [6.45, 7) is 3.61. The summed E-state index contributed by atoms with van der Waals surface area (Å²) in [6.07, 6.45) is 10.5. The minimum Gasteiger partial charge on any atom is -0.373 e. The Morgan fingerprint density at radius 3 is 2.52 bits per heavy atom. The molecule has 0 aromatic rings. The summed E-state index contributed by atoms with van der Waals surface area (Å²) in [6, 6.07) is 0.0811. The van der Waals surface area contributed by atoms with Crippen LogP contribution in [0.1, 0.15) is 64.7 Å². The van der Waals surface area contributed by atoms with Crippen molar-refractivity contribution in [1.29, 1.82) is 0 Å². The number of hydrogen-bond donors (Lipinski definition) is 2. The molecule has 3 N–H and O–H groups in total. The fourth-order valence-corrected chi connectivity index (χ4v) is 4.98. The summed E-state index contributed by atoms with van der Waals surface area (Å²) in [5.41, 5.74) is 6.18. The van der Waals surface area contributed by atoms with Crippen molar-refractivity contribution in [2.75, 3.05) is 13.2 Å². The van der Waals surface area contributed by atoms with E-state index < -0.39 is 0 Å². The van der Waals surface area contributed by atoms with Crippen molar-refractivity contribution in [3.05, 3.63) is 0 Å². The molecule has 0 saturated heterocycles. The lowest BCUT2D eigenvalue weighted by atomic mass is 9.82. The number of carbonyl (C=O) groups excluding carboxylic acids is 1. The Balaban J connectivity index is 0.00000192. The topological polar surface area (TPSA) is 64.3 Å². The first-order chi connectivity index (χ1) is 10.7. The molecule has 2 bridgehead atoms. The first-order valence-corrected chi connectivity index (χ1v) is 9.32. The monoisotopic (exact) mass is 344 g/mol. The number of nitrogens with two attached hydrogens (primary N) is 1. The van der Waals surface area contributed by atoms with Gasteiger partial charge in [-0.25, -0.2) is 0 Å². The first kappa shape index (κ1) is 19.0. The van der Waals surface area contributed by atoms with Gasteiger partial charge >= 0.3 is 0 Å². The Hall–Kier alpha value is -0.320. The van der Waals surface area contributed by atoms with E-state index in [1.54, 1.807) is 0 Å². The quantitative estimate of drug-likeness (QED) is 0.778. The van der Waals surface area contributed by atoms with Gasteiger partial charge in [0.1, 0.15) is 0 Å². The Morgan fingerprint density at radius 1 is 1.22 bits per heavy atom. The summed E-state index contributed by atoms with van der Waals surface area (Å²) in [5.74, 6) is 1.34. The van der Waals surface area contributed by atoms with E-state index in [-0.39, 0.29) is 35.9 Å². The smallest absolute Gasteiger partial charge is 0.225 e. The van der Waals surface area contributed by atoms with Gasteiger partial charge in [0.2, 0.25) is 5.91 Å². The molecule has 5 heteroatoms. The van der Waals surface area contributed by atoms with Crippen LogP contribution >= 0.6 is 12.4 Å². The van der Waals surface area contributed by atoms with Gasteiger partial charge in [-0.15, -0.1) is 12.4 Å². The number of halogens is 1. The highest BCUT2D eigenvalue weighted by molar-refractivity contribution is 5.85. The van der Waals surface area contributed by atoms with Crippen molar-refractivity contribution in [1.82, 2.24) is 5.32 Å². The zero-order valence-electron chi connectivity index (χ0n) is 14.4. The molecule has 0 aromatic heterocycles. The summed E-state index contributed by atoms with van der Waals surface area (Å²) in [5, 5.41) is 3.22. The molecule has 4 nitrogen and oxygen atoms in total. The van der Waals surface area contributed by atoms with Gasteiger partial charge in [-0.3, -0.25) is 4.79 Å². The maximum atomic E-state index is 12.7. The normalized spacial score (nSPS) is 34.9. The van der Waals surface area contributed by atoms with E-state index in [9.17, 15) is 4.79 Å². The van der Waals surface area contributed by atoms with Gasteiger partial charge in [0.25, 0.3) is 0 Å². The number of fused-ring (bicyclic) bond motifs is 2. The molecule has 134 valence electrons. The minimum absolute atomic E-state index is 0. The van der Waals surface area contributed by atoms with E-state index in [0.29, 0.717) is 18.4 Å². The lowest BCUT2D eigenvalue weighted by molar-refractivity contribution is -0.130. The Labute approximate surface area is 146 Å². The van der Waals surface area contributed by atoms with Crippen molar-refractivity contribution in [2.45, 2.75) is 76.4 Å². The molecule has 0 spiro atoms. The molecule has 3 rings (SSSR count). The molecule has 3 fully saturated rings. The van der Waals surface area contributed by atoms with Crippen LogP contribution in [0.2, 0.25) is 0 Å². The fraction of sp³-hybridized carbons (Fsp3) is 0.944. The van der Waals surface area contributed by atoms with E-state index in [4.69, 9.17) is 10.5 Å². The number of rotatable bonds is 6. The second-order valence-corrected chi connectivity index (χ2v) is 7.75. The first-order valence-electron chi connectivity index (χ1n) is 9.32. The van der Waals surface area contributed by atoms with Crippen LogP contribution in [0.3, 0.4) is 0 Å². The van der Waals surface area contributed by atoms with E-state index in [1.165, 1.54) is 32.1 Å². The van der Waals surface area contributed by atoms with E-state index in [2.05, 4.69) is 12.2 Å². The molecule has 4 atom stereocenters. The second-order valence-electron chi connectivity index (χ2n) is 7.75. The van der Waals surface area contributed by atoms with E-state index in [1.807, 2.05) is 0 Å². The van der Waals surface area contributed by atoms with Gasteiger partial charge in [-0.05, 0) is 50.4 Å². The number of nitrogens with one attached hydrogen (secondary N) is 1. The summed E-state index contributed by atoms with van der Waals surface area (Å²) >= 11 is 0. The molecular weight excluding hydrogens is 312 g/mol. The van der Waals surface area contributed by atoms with E-state index in [0.717, 1.165) is 32.3 Å². The third kappa shape index (κ3) is 4.02. The third-order valence-corrected chi connectivity index (χ3v) is 6.25. The SMILES string of the molecule is CCCOC1(CNC(=O)C2C3CCC(C3)C2N)CCCCC1.Cl.